The highest BCUT2D eigenvalue weighted by Gasteiger charge is 2.56. The van der Waals surface area contributed by atoms with Crippen molar-refractivity contribution in [2.24, 2.45) is 0 Å². The number of aryl methyl sites for hydroxylation is 1. The molecule has 3 N–H and O–H groups in total. The number of rotatable bonds is 5. The Bertz CT molecular complexity index is 1340. The second-order valence-electron chi connectivity index (χ2n) is 11.0. The fourth-order valence-corrected chi connectivity index (χ4v) is 7.26. The fraction of sp³-hybridized carbons (Fsp3) is 0.552. The van der Waals surface area contributed by atoms with Gasteiger partial charge in [0.15, 0.2) is 23.0 Å². The third kappa shape index (κ3) is 3.68. The summed E-state index contributed by atoms with van der Waals surface area (Å²) in [5, 5.41) is 34.7. The number of likely N-dealkylation sites (N-methyl/N-ethyl adjacent to an activating group) is 1. The summed E-state index contributed by atoms with van der Waals surface area (Å²) in [6.07, 6.45) is 0.950. The zero-order valence-corrected chi connectivity index (χ0v) is 23.0. The molecule has 1 unspecified atom stereocenters. The van der Waals surface area contributed by atoms with E-state index in [0.717, 1.165) is 16.7 Å². The summed E-state index contributed by atoms with van der Waals surface area (Å²) in [6, 6.07) is 0.497. The van der Waals surface area contributed by atoms with Gasteiger partial charge >= 0.3 is 5.97 Å². The lowest BCUT2D eigenvalue weighted by Gasteiger charge is -2.60. The van der Waals surface area contributed by atoms with Gasteiger partial charge in [-0.3, -0.25) is 14.6 Å². The number of aromatic hydroxyl groups is 2. The minimum absolute atomic E-state index is 0.0170. The molecule has 1 fully saturated rings. The van der Waals surface area contributed by atoms with Gasteiger partial charge in [-0.05, 0) is 51.3 Å². The predicted octanol–water partition coefficient (Wildman–Crippen LogP) is 2.99. The first-order valence-electron chi connectivity index (χ1n) is 13.6. The number of hydrogen-bond donors (Lipinski definition) is 3. The molecule has 0 spiro atoms. The number of carbonyl (C=O) groups excluding carboxylic acids is 1. The fourth-order valence-electron chi connectivity index (χ4n) is 7.26. The standard InChI is InChI=1S/C29H36N2O8/c1-6-7-20(32)37-11-19-22-16(24(33)14(3)27-28(22)39-12-38-27)10-17-23-21-15(8-13(2)26(36-5)25(21)34)9-18(30(23)4)29(35)31(17)19/h8,17-19,23,29,33-35H,6-7,9-12H2,1-5H3/t17?,18-,19-,23-,29-/m0/s1. The van der Waals surface area contributed by atoms with Crippen LogP contribution in [-0.4, -0.2) is 77.0 Å². The van der Waals surface area contributed by atoms with Crippen molar-refractivity contribution in [3.8, 4) is 28.7 Å². The molecular formula is C29H36N2O8. The summed E-state index contributed by atoms with van der Waals surface area (Å²) in [5.74, 6) is 1.32. The Hall–Kier alpha value is -3.21. The number of ether oxygens (including phenoxy) is 4. The van der Waals surface area contributed by atoms with Crippen LogP contribution in [0.3, 0.4) is 0 Å². The van der Waals surface area contributed by atoms with Crippen molar-refractivity contribution in [3.63, 3.8) is 0 Å². The lowest BCUT2D eigenvalue weighted by Crippen LogP contribution is -2.68. The number of hydrogen-bond acceptors (Lipinski definition) is 10. The first kappa shape index (κ1) is 26.0. The summed E-state index contributed by atoms with van der Waals surface area (Å²) in [7, 11) is 3.50. The van der Waals surface area contributed by atoms with E-state index in [9.17, 15) is 20.1 Å². The topological polar surface area (TPSA) is 121 Å². The van der Waals surface area contributed by atoms with Crippen molar-refractivity contribution in [1.29, 1.82) is 0 Å². The minimum Gasteiger partial charge on any atom is -0.507 e. The Labute approximate surface area is 227 Å². The summed E-state index contributed by atoms with van der Waals surface area (Å²) < 4.78 is 22.9. The normalized spacial score (nSPS) is 27.0. The van der Waals surface area contributed by atoms with Crippen LogP contribution in [-0.2, 0) is 22.4 Å². The van der Waals surface area contributed by atoms with Crippen molar-refractivity contribution >= 4 is 5.97 Å². The number of nitrogens with zero attached hydrogens (tertiary/aromatic N) is 2. The van der Waals surface area contributed by atoms with Crippen molar-refractivity contribution < 1.29 is 39.1 Å². The molecule has 210 valence electrons. The molecule has 2 bridgehead atoms. The third-order valence-corrected chi connectivity index (χ3v) is 8.98. The SMILES string of the molecule is CCCC(=O)OC[C@H]1c2c(c(O)c(C)c3c2OCO3)CC2[C@H]3c4c(cc(C)c(OC)c4O)C[C@@H]([C@H](O)N21)N3C. The predicted molar refractivity (Wildman–Crippen MR) is 140 cm³/mol. The van der Waals surface area contributed by atoms with E-state index in [1.165, 1.54) is 0 Å². The second kappa shape index (κ2) is 9.46. The molecule has 0 amide bonds. The molecular weight excluding hydrogens is 504 g/mol. The van der Waals surface area contributed by atoms with Gasteiger partial charge in [0.25, 0.3) is 0 Å². The maximum atomic E-state index is 12.5. The summed E-state index contributed by atoms with van der Waals surface area (Å²) in [4.78, 5) is 16.6. The van der Waals surface area contributed by atoms with Crippen LogP contribution in [0.2, 0.25) is 0 Å². The minimum atomic E-state index is -0.904. The maximum Gasteiger partial charge on any atom is 0.305 e. The van der Waals surface area contributed by atoms with Gasteiger partial charge in [-0.2, -0.15) is 0 Å². The van der Waals surface area contributed by atoms with E-state index in [1.807, 2.05) is 31.9 Å². The monoisotopic (exact) mass is 540 g/mol. The van der Waals surface area contributed by atoms with E-state index >= 15 is 0 Å². The molecule has 5 atom stereocenters. The van der Waals surface area contributed by atoms with Gasteiger partial charge < -0.3 is 34.3 Å². The molecule has 2 aromatic rings. The largest absolute Gasteiger partial charge is 0.507 e. The molecule has 4 heterocycles. The highest BCUT2D eigenvalue weighted by atomic mass is 16.7. The van der Waals surface area contributed by atoms with Crippen LogP contribution in [0, 0.1) is 13.8 Å². The molecule has 0 radical (unpaired) electrons. The molecule has 39 heavy (non-hydrogen) atoms. The molecule has 4 aliphatic heterocycles. The Morgan fingerprint density at radius 3 is 2.56 bits per heavy atom. The Kier molecular flexibility index (Phi) is 6.32. The first-order valence-corrected chi connectivity index (χ1v) is 13.6. The summed E-state index contributed by atoms with van der Waals surface area (Å²) in [5.41, 5.74) is 4.51. The quantitative estimate of drug-likeness (QED) is 0.488. The van der Waals surface area contributed by atoms with Crippen molar-refractivity contribution in [1.82, 2.24) is 9.80 Å². The second-order valence-corrected chi connectivity index (χ2v) is 11.0. The highest BCUT2D eigenvalue weighted by molar-refractivity contribution is 5.70. The molecule has 2 aromatic carbocycles. The van der Waals surface area contributed by atoms with E-state index < -0.39 is 12.3 Å². The number of esters is 1. The average molecular weight is 541 g/mol. The lowest BCUT2D eigenvalue weighted by molar-refractivity contribution is -0.183. The molecule has 0 aromatic heterocycles. The highest BCUT2D eigenvalue weighted by Crippen LogP contribution is 2.58. The molecule has 6 rings (SSSR count). The number of methoxy groups -OCH3 is 1. The van der Waals surface area contributed by atoms with Crippen LogP contribution < -0.4 is 14.2 Å². The Morgan fingerprint density at radius 1 is 1.10 bits per heavy atom. The van der Waals surface area contributed by atoms with Gasteiger partial charge in [-0.15, -0.1) is 0 Å². The van der Waals surface area contributed by atoms with Gasteiger partial charge in [0.1, 0.15) is 18.6 Å². The molecule has 10 heteroatoms. The molecule has 4 aliphatic rings. The number of aliphatic hydroxyl groups is 1. The van der Waals surface area contributed by atoms with Crippen LogP contribution in [0.15, 0.2) is 6.07 Å². The molecule has 1 saturated heterocycles. The number of carbonyl (C=O) groups is 1. The zero-order valence-electron chi connectivity index (χ0n) is 23.0. The van der Waals surface area contributed by atoms with Crippen molar-refractivity contribution in [3.05, 3.63) is 39.4 Å². The van der Waals surface area contributed by atoms with Gasteiger partial charge in [0.2, 0.25) is 6.79 Å². The number of phenols is 2. The Morgan fingerprint density at radius 2 is 1.85 bits per heavy atom. The van der Waals surface area contributed by atoms with Gasteiger partial charge in [0.05, 0.1) is 25.2 Å². The zero-order chi connectivity index (χ0) is 27.7. The first-order chi connectivity index (χ1) is 18.7. The van der Waals surface area contributed by atoms with Gasteiger partial charge in [0, 0.05) is 34.7 Å². The van der Waals surface area contributed by atoms with E-state index in [1.54, 1.807) is 14.0 Å². The maximum absolute atomic E-state index is 12.5. The number of fused-ring (bicyclic) bond motifs is 9. The van der Waals surface area contributed by atoms with Crippen LogP contribution in [0.25, 0.3) is 0 Å². The number of phenolic OH excluding ortho intramolecular Hbond substituents is 2. The molecule has 0 saturated carbocycles. The number of piperazine rings is 1. The van der Waals surface area contributed by atoms with Crippen LogP contribution in [0.5, 0.6) is 28.7 Å². The van der Waals surface area contributed by atoms with Crippen LogP contribution >= 0.6 is 0 Å². The van der Waals surface area contributed by atoms with Gasteiger partial charge in [-0.25, -0.2) is 0 Å². The van der Waals surface area contributed by atoms with E-state index in [4.69, 9.17) is 18.9 Å². The van der Waals surface area contributed by atoms with Crippen LogP contribution in [0.1, 0.15) is 65.2 Å². The van der Waals surface area contributed by atoms with E-state index in [0.29, 0.717) is 53.2 Å². The number of benzene rings is 2. The van der Waals surface area contributed by atoms with Crippen LogP contribution in [0.4, 0.5) is 0 Å². The summed E-state index contributed by atoms with van der Waals surface area (Å²) >= 11 is 0. The van der Waals surface area contributed by atoms with E-state index in [2.05, 4.69) is 4.90 Å². The Balaban J connectivity index is 1.54. The van der Waals surface area contributed by atoms with Gasteiger partial charge in [-0.1, -0.05) is 13.0 Å². The van der Waals surface area contributed by atoms with E-state index in [-0.39, 0.29) is 55.4 Å². The third-order valence-electron chi connectivity index (χ3n) is 8.98. The lowest BCUT2D eigenvalue weighted by atomic mass is 9.73. The number of aliphatic hydroxyl groups excluding tert-OH is 1. The average Bonchev–Trinajstić information content (AvgIpc) is 3.39. The molecule has 10 nitrogen and oxygen atoms in total. The smallest absolute Gasteiger partial charge is 0.305 e. The van der Waals surface area contributed by atoms with Crippen molar-refractivity contribution in [2.45, 2.75) is 76.8 Å². The van der Waals surface area contributed by atoms with Crippen molar-refractivity contribution in [2.75, 3.05) is 27.6 Å². The summed E-state index contributed by atoms with van der Waals surface area (Å²) in [6.45, 7) is 5.61. The molecule has 0 aliphatic carbocycles.